The highest BCUT2D eigenvalue weighted by atomic mass is 16.5. The van der Waals surface area contributed by atoms with Crippen molar-refractivity contribution in [2.24, 2.45) is 0 Å². The fourth-order valence-electron chi connectivity index (χ4n) is 1.16. The van der Waals surface area contributed by atoms with Gasteiger partial charge < -0.3 is 4.74 Å². The van der Waals surface area contributed by atoms with E-state index in [2.05, 4.69) is 14.7 Å². The highest BCUT2D eigenvalue weighted by Crippen LogP contribution is 2.05. The number of rotatable bonds is 2. The summed E-state index contributed by atoms with van der Waals surface area (Å²) in [6, 6.07) is 5.50. The number of methoxy groups -OCH3 is 1. The van der Waals surface area contributed by atoms with Crippen molar-refractivity contribution in [2.75, 3.05) is 7.11 Å². The monoisotopic (exact) mass is 203 g/mol. The summed E-state index contributed by atoms with van der Waals surface area (Å²) in [6.45, 7) is 0. The molecule has 0 aliphatic carbocycles. The molecule has 0 spiro atoms. The zero-order valence-corrected chi connectivity index (χ0v) is 8.12. The van der Waals surface area contributed by atoms with E-state index in [4.69, 9.17) is 0 Å². The highest BCUT2D eigenvalue weighted by molar-refractivity contribution is 5.86. The van der Waals surface area contributed by atoms with Gasteiger partial charge in [0.15, 0.2) is 5.69 Å². The molecule has 0 radical (unpaired) electrons. The van der Waals surface area contributed by atoms with Crippen LogP contribution in [0, 0.1) is 0 Å². The van der Waals surface area contributed by atoms with Crippen molar-refractivity contribution in [1.82, 2.24) is 14.5 Å². The molecule has 0 fully saturated rings. The van der Waals surface area contributed by atoms with Crippen molar-refractivity contribution >= 4 is 5.97 Å². The number of pyridine rings is 1. The van der Waals surface area contributed by atoms with Crippen LogP contribution in [-0.2, 0) is 4.74 Å². The van der Waals surface area contributed by atoms with Crippen LogP contribution in [0.2, 0.25) is 0 Å². The van der Waals surface area contributed by atoms with Crippen molar-refractivity contribution in [2.45, 2.75) is 0 Å². The normalized spacial score (nSPS) is 9.93. The van der Waals surface area contributed by atoms with Gasteiger partial charge >= 0.3 is 5.97 Å². The zero-order valence-electron chi connectivity index (χ0n) is 8.12. The first-order chi connectivity index (χ1) is 7.31. The van der Waals surface area contributed by atoms with Crippen molar-refractivity contribution in [1.29, 1.82) is 0 Å². The number of esters is 1. The number of aromatic nitrogens is 3. The molecule has 0 unspecified atom stereocenters. The van der Waals surface area contributed by atoms with Gasteiger partial charge in [-0.15, -0.1) is 0 Å². The molecule has 5 heteroatoms. The molecule has 0 atom stereocenters. The standard InChI is InChI=1S/C10H9N3O2/c1-15-10(14)8-6-13(7-12-8)9-4-2-3-5-11-9/h2-7H,1H3. The van der Waals surface area contributed by atoms with Gasteiger partial charge in [-0.2, -0.15) is 0 Å². The molecule has 2 aromatic heterocycles. The Morgan fingerprint density at radius 3 is 2.93 bits per heavy atom. The smallest absolute Gasteiger partial charge is 0.358 e. The number of carbonyl (C=O) groups excluding carboxylic acids is 1. The Morgan fingerprint density at radius 1 is 1.40 bits per heavy atom. The van der Waals surface area contributed by atoms with Crippen LogP contribution in [0.5, 0.6) is 0 Å². The maximum atomic E-state index is 11.1. The van der Waals surface area contributed by atoms with Crippen LogP contribution < -0.4 is 0 Å². The van der Waals surface area contributed by atoms with Crippen LogP contribution in [0.15, 0.2) is 36.9 Å². The van der Waals surface area contributed by atoms with Crippen LogP contribution in [0.25, 0.3) is 5.82 Å². The predicted octanol–water partition coefficient (Wildman–Crippen LogP) is 1.05. The summed E-state index contributed by atoms with van der Waals surface area (Å²) in [5.41, 5.74) is 0.267. The van der Waals surface area contributed by atoms with E-state index in [1.54, 1.807) is 17.0 Å². The molecule has 2 heterocycles. The number of ether oxygens (including phenoxy) is 1. The molecule has 2 rings (SSSR count). The largest absolute Gasteiger partial charge is 0.464 e. The van der Waals surface area contributed by atoms with E-state index in [1.165, 1.54) is 13.4 Å². The molecule has 15 heavy (non-hydrogen) atoms. The first-order valence-corrected chi connectivity index (χ1v) is 4.35. The topological polar surface area (TPSA) is 57.0 Å². The molecule has 0 aliphatic rings. The number of imidazole rings is 1. The molecule has 5 nitrogen and oxygen atoms in total. The van der Waals surface area contributed by atoms with E-state index < -0.39 is 5.97 Å². The molecular formula is C10H9N3O2. The van der Waals surface area contributed by atoms with Crippen LogP contribution in [0.1, 0.15) is 10.5 Å². The number of nitrogens with zero attached hydrogens (tertiary/aromatic N) is 3. The Hall–Kier alpha value is -2.17. The molecule has 2 aromatic rings. The van der Waals surface area contributed by atoms with Gasteiger partial charge in [-0.05, 0) is 12.1 Å². The predicted molar refractivity (Wildman–Crippen MR) is 52.7 cm³/mol. The van der Waals surface area contributed by atoms with Gasteiger partial charge in [-0.3, -0.25) is 4.57 Å². The molecule has 0 saturated heterocycles. The van der Waals surface area contributed by atoms with Crippen molar-refractivity contribution in [3.63, 3.8) is 0 Å². The van der Waals surface area contributed by atoms with E-state index >= 15 is 0 Å². The van der Waals surface area contributed by atoms with E-state index in [0.717, 1.165) is 0 Å². The van der Waals surface area contributed by atoms with Crippen LogP contribution in [0.3, 0.4) is 0 Å². The average Bonchev–Trinajstić information content (AvgIpc) is 2.78. The van der Waals surface area contributed by atoms with Gasteiger partial charge in [-0.1, -0.05) is 6.07 Å². The Bertz CT molecular complexity index is 465. The summed E-state index contributed by atoms with van der Waals surface area (Å²) in [6.07, 6.45) is 4.77. The van der Waals surface area contributed by atoms with Gasteiger partial charge in [0, 0.05) is 12.4 Å². The van der Waals surface area contributed by atoms with Gasteiger partial charge in [-0.25, -0.2) is 14.8 Å². The van der Waals surface area contributed by atoms with Gasteiger partial charge in [0.25, 0.3) is 0 Å². The second-order valence-corrected chi connectivity index (χ2v) is 2.85. The lowest BCUT2D eigenvalue weighted by Gasteiger charge is -1.97. The molecule has 0 bridgehead atoms. The van der Waals surface area contributed by atoms with Gasteiger partial charge in [0.05, 0.1) is 7.11 Å². The zero-order chi connectivity index (χ0) is 10.7. The summed E-state index contributed by atoms with van der Waals surface area (Å²) in [7, 11) is 1.32. The van der Waals surface area contributed by atoms with Gasteiger partial charge in [0.2, 0.25) is 0 Å². The lowest BCUT2D eigenvalue weighted by molar-refractivity contribution is 0.0594. The molecule has 0 aliphatic heterocycles. The van der Waals surface area contributed by atoms with Crippen molar-refractivity contribution in [3.05, 3.63) is 42.6 Å². The summed E-state index contributed by atoms with van der Waals surface area (Å²) in [5.74, 6) is 0.254. The molecular weight excluding hydrogens is 194 g/mol. The van der Waals surface area contributed by atoms with E-state index in [-0.39, 0.29) is 5.69 Å². The molecule has 0 saturated carbocycles. The highest BCUT2D eigenvalue weighted by Gasteiger charge is 2.09. The maximum absolute atomic E-state index is 11.1. The quantitative estimate of drug-likeness (QED) is 0.684. The van der Waals surface area contributed by atoms with E-state index in [1.807, 2.05) is 18.2 Å². The minimum absolute atomic E-state index is 0.267. The summed E-state index contributed by atoms with van der Waals surface area (Å²) in [5, 5.41) is 0. The third-order valence-electron chi connectivity index (χ3n) is 1.89. The number of hydrogen-bond acceptors (Lipinski definition) is 4. The minimum atomic E-state index is -0.454. The lowest BCUT2D eigenvalue weighted by Crippen LogP contribution is -2.01. The summed E-state index contributed by atoms with van der Waals surface area (Å²) in [4.78, 5) is 19.2. The first-order valence-electron chi connectivity index (χ1n) is 4.35. The average molecular weight is 203 g/mol. The molecule has 0 N–H and O–H groups in total. The Kier molecular flexibility index (Phi) is 2.45. The Balaban J connectivity index is 2.32. The fraction of sp³-hybridized carbons (Fsp3) is 0.100. The van der Waals surface area contributed by atoms with Gasteiger partial charge in [0.1, 0.15) is 12.1 Å². The second kappa shape index (κ2) is 3.91. The first kappa shape index (κ1) is 9.39. The van der Waals surface area contributed by atoms with Crippen molar-refractivity contribution in [3.8, 4) is 5.82 Å². The molecule has 0 amide bonds. The third kappa shape index (κ3) is 1.85. The van der Waals surface area contributed by atoms with Crippen LogP contribution >= 0.6 is 0 Å². The second-order valence-electron chi connectivity index (χ2n) is 2.85. The third-order valence-corrected chi connectivity index (χ3v) is 1.89. The minimum Gasteiger partial charge on any atom is -0.464 e. The fourth-order valence-corrected chi connectivity index (χ4v) is 1.16. The number of carbonyl (C=O) groups is 1. The van der Waals surface area contributed by atoms with E-state index in [9.17, 15) is 4.79 Å². The summed E-state index contributed by atoms with van der Waals surface area (Å²) >= 11 is 0. The van der Waals surface area contributed by atoms with E-state index in [0.29, 0.717) is 5.82 Å². The lowest BCUT2D eigenvalue weighted by atomic mass is 10.4. The van der Waals surface area contributed by atoms with Crippen molar-refractivity contribution < 1.29 is 9.53 Å². The Labute approximate surface area is 86.4 Å². The maximum Gasteiger partial charge on any atom is 0.358 e. The summed E-state index contributed by atoms with van der Waals surface area (Å²) < 4.78 is 6.21. The van der Waals surface area contributed by atoms with Crippen LogP contribution in [-0.4, -0.2) is 27.6 Å². The Morgan fingerprint density at radius 2 is 2.27 bits per heavy atom. The number of hydrogen-bond donors (Lipinski definition) is 0. The molecule has 0 aromatic carbocycles. The molecule has 76 valence electrons. The van der Waals surface area contributed by atoms with Crippen LogP contribution in [0.4, 0.5) is 0 Å². The SMILES string of the molecule is COC(=O)c1cn(-c2ccccn2)cn1.